The molecule has 8 nitrogen and oxygen atoms in total. The Morgan fingerprint density at radius 1 is 1.14 bits per heavy atom. The average Bonchev–Trinajstić information content (AvgIpc) is 2.73. The molecule has 0 saturated heterocycles. The molecule has 0 fully saturated rings. The molecule has 0 saturated carbocycles. The van der Waals surface area contributed by atoms with Crippen LogP contribution < -0.4 is 10.2 Å². The Morgan fingerprint density at radius 3 is 2.31 bits per heavy atom. The van der Waals surface area contributed by atoms with Crippen LogP contribution in [0.25, 0.3) is 0 Å². The monoisotopic (exact) mass is 411 g/mol. The zero-order chi connectivity index (χ0) is 21.1. The Morgan fingerprint density at radius 2 is 1.76 bits per heavy atom. The minimum absolute atomic E-state index is 0.0837. The van der Waals surface area contributed by atoms with Crippen LogP contribution in [0.2, 0.25) is 0 Å². The van der Waals surface area contributed by atoms with Crippen molar-refractivity contribution >= 4 is 40.5 Å². The standard InChI is InChI=1S/C20H17N3O5S/c1-12-16(18(24)19(25)28-2)17(13-8-10-15(11-9-13)23(26)27)21-20(29)22(12)14-6-4-3-5-7-14/h3-11,17H,1-2H3,(H,21,29)/t17-/m0/s1. The van der Waals surface area contributed by atoms with E-state index in [0.29, 0.717) is 16.4 Å². The highest BCUT2D eigenvalue weighted by Crippen LogP contribution is 2.34. The van der Waals surface area contributed by atoms with E-state index in [-0.39, 0.29) is 11.3 Å². The van der Waals surface area contributed by atoms with E-state index in [4.69, 9.17) is 12.2 Å². The Bertz CT molecular complexity index is 1020. The van der Waals surface area contributed by atoms with Gasteiger partial charge in [-0.05, 0) is 49.0 Å². The molecule has 0 aliphatic carbocycles. The Hall–Kier alpha value is -3.59. The Kier molecular flexibility index (Phi) is 5.69. The highest BCUT2D eigenvalue weighted by molar-refractivity contribution is 7.80. The maximum absolute atomic E-state index is 12.8. The van der Waals surface area contributed by atoms with Crippen molar-refractivity contribution < 1.29 is 19.2 Å². The third-order valence-corrected chi connectivity index (χ3v) is 4.85. The molecule has 3 rings (SSSR count). The zero-order valence-corrected chi connectivity index (χ0v) is 16.4. The van der Waals surface area contributed by atoms with Crippen molar-refractivity contribution in [3.05, 3.63) is 81.5 Å². The first-order chi connectivity index (χ1) is 13.8. The predicted octanol–water partition coefficient (Wildman–Crippen LogP) is 3.05. The van der Waals surface area contributed by atoms with Crippen LogP contribution in [0.1, 0.15) is 18.5 Å². The molecule has 0 spiro atoms. The second-order valence-corrected chi connectivity index (χ2v) is 6.61. The fourth-order valence-electron chi connectivity index (χ4n) is 3.17. The van der Waals surface area contributed by atoms with Crippen LogP contribution in [-0.2, 0) is 14.3 Å². The molecule has 1 aliphatic heterocycles. The number of anilines is 1. The number of methoxy groups -OCH3 is 1. The fraction of sp³-hybridized carbons (Fsp3) is 0.150. The second kappa shape index (κ2) is 8.19. The SMILES string of the molecule is COC(=O)C(=O)C1=C(C)N(c2ccccc2)C(=S)N[C@H]1c1ccc([N+](=O)[O-])cc1. The highest BCUT2D eigenvalue weighted by atomic mass is 32.1. The van der Waals surface area contributed by atoms with Gasteiger partial charge in [0.1, 0.15) is 0 Å². The summed E-state index contributed by atoms with van der Waals surface area (Å²) in [5.74, 6) is -1.82. The number of nitro groups is 1. The molecule has 148 valence electrons. The van der Waals surface area contributed by atoms with Crippen LogP contribution in [0.5, 0.6) is 0 Å². The van der Waals surface area contributed by atoms with Crippen molar-refractivity contribution in [2.24, 2.45) is 0 Å². The van der Waals surface area contributed by atoms with Crippen LogP contribution in [0.3, 0.4) is 0 Å². The number of Topliss-reactive ketones (excluding diaryl/α,β-unsaturated/α-hetero) is 1. The largest absolute Gasteiger partial charge is 0.463 e. The van der Waals surface area contributed by atoms with E-state index >= 15 is 0 Å². The molecule has 0 aromatic heterocycles. The number of para-hydroxylation sites is 1. The van der Waals surface area contributed by atoms with Gasteiger partial charge in [-0.2, -0.15) is 0 Å². The number of hydrogen-bond acceptors (Lipinski definition) is 6. The number of carbonyl (C=O) groups is 2. The highest BCUT2D eigenvalue weighted by Gasteiger charge is 2.37. The number of carbonyl (C=O) groups excluding carboxylic acids is 2. The Labute approximate surface area is 171 Å². The number of nitrogens with zero attached hydrogens (tertiary/aromatic N) is 2. The summed E-state index contributed by atoms with van der Waals surface area (Å²) in [6.45, 7) is 1.69. The van der Waals surface area contributed by atoms with Crippen molar-refractivity contribution in [2.45, 2.75) is 13.0 Å². The number of nitro benzene ring substituents is 1. The van der Waals surface area contributed by atoms with E-state index in [1.807, 2.05) is 30.3 Å². The summed E-state index contributed by atoms with van der Waals surface area (Å²) in [5, 5.41) is 14.3. The van der Waals surface area contributed by atoms with E-state index < -0.39 is 22.7 Å². The van der Waals surface area contributed by atoms with Crippen molar-refractivity contribution in [3.8, 4) is 0 Å². The van der Waals surface area contributed by atoms with Gasteiger partial charge in [-0.3, -0.25) is 19.8 Å². The van der Waals surface area contributed by atoms with Crippen LogP contribution in [0, 0.1) is 10.1 Å². The van der Waals surface area contributed by atoms with Gasteiger partial charge in [-0.15, -0.1) is 0 Å². The molecule has 29 heavy (non-hydrogen) atoms. The lowest BCUT2D eigenvalue weighted by molar-refractivity contribution is -0.384. The molecule has 0 unspecified atom stereocenters. The third kappa shape index (κ3) is 3.85. The number of ketones is 1. The summed E-state index contributed by atoms with van der Waals surface area (Å²) in [4.78, 5) is 36.9. The van der Waals surface area contributed by atoms with Crippen molar-refractivity contribution in [3.63, 3.8) is 0 Å². The minimum atomic E-state index is -1.01. The van der Waals surface area contributed by atoms with Gasteiger partial charge in [0.15, 0.2) is 5.11 Å². The lowest BCUT2D eigenvalue weighted by Gasteiger charge is -2.37. The molecule has 2 aromatic carbocycles. The quantitative estimate of drug-likeness (QED) is 0.263. The third-order valence-electron chi connectivity index (χ3n) is 4.55. The molecule has 9 heteroatoms. The van der Waals surface area contributed by atoms with E-state index in [2.05, 4.69) is 10.1 Å². The molecule has 0 bridgehead atoms. The summed E-state index contributed by atoms with van der Waals surface area (Å²) in [7, 11) is 1.13. The summed E-state index contributed by atoms with van der Waals surface area (Å²) in [6, 6.07) is 14.1. The molecule has 2 aromatic rings. The molecule has 0 amide bonds. The summed E-state index contributed by atoms with van der Waals surface area (Å²) in [6.07, 6.45) is 0. The van der Waals surface area contributed by atoms with E-state index in [0.717, 1.165) is 12.8 Å². The number of non-ortho nitro benzene ring substituents is 1. The van der Waals surface area contributed by atoms with Crippen LogP contribution in [0.15, 0.2) is 65.9 Å². The van der Waals surface area contributed by atoms with E-state index in [9.17, 15) is 19.7 Å². The normalized spacial score (nSPS) is 16.3. The minimum Gasteiger partial charge on any atom is -0.463 e. The molecular weight excluding hydrogens is 394 g/mol. The molecule has 0 radical (unpaired) electrons. The number of hydrogen-bond donors (Lipinski definition) is 1. The average molecular weight is 411 g/mol. The predicted molar refractivity (Wildman–Crippen MR) is 110 cm³/mol. The maximum atomic E-state index is 12.8. The van der Waals surface area contributed by atoms with Gasteiger partial charge in [-0.1, -0.05) is 18.2 Å². The van der Waals surface area contributed by atoms with E-state index in [1.165, 1.54) is 24.3 Å². The van der Waals surface area contributed by atoms with Gasteiger partial charge in [0.2, 0.25) is 0 Å². The number of benzene rings is 2. The van der Waals surface area contributed by atoms with Crippen molar-refractivity contribution in [1.82, 2.24) is 5.32 Å². The van der Waals surface area contributed by atoms with Gasteiger partial charge >= 0.3 is 5.97 Å². The number of thiocarbonyl (C=S) groups is 1. The summed E-state index contributed by atoms with van der Waals surface area (Å²) >= 11 is 5.51. The molecule has 1 heterocycles. The first kappa shape index (κ1) is 20.2. The zero-order valence-electron chi connectivity index (χ0n) is 15.6. The maximum Gasteiger partial charge on any atom is 0.379 e. The van der Waals surface area contributed by atoms with Crippen LogP contribution >= 0.6 is 12.2 Å². The van der Waals surface area contributed by atoms with Crippen molar-refractivity contribution in [1.29, 1.82) is 0 Å². The van der Waals surface area contributed by atoms with Gasteiger partial charge in [-0.25, -0.2) is 4.79 Å². The second-order valence-electron chi connectivity index (χ2n) is 6.22. The summed E-state index contributed by atoms with van der Waals surface area (Å²) in [5.41, 5.74) is 1.82. The van der Waals surface area contributed by atoms with Gasteiger partial charge < -0.3 is 10.1 Å². The summed E-state index contributed by atoms with van der Waals surface area (Å²) < 4.78 is 4.63. The van der Waals surface area contributed by atoms with Crippen molar-refractivity contribution in [2.75, 3.05) is 12.0 Å². The topological polar surface area (TPSA) is 102 Å². The van der Waals surface area contributed by atoms with Gasteiger partial charge in [0.05, 0.1) is 23.6 Å². The first-order valence-corrected chi connectivity index (χ1v) is 8.99. The van der Waals surface area contributed by atoms with Gasteiger partial charge in [0.25, 0.3) is 11.5 Å². The number of esters is 1. The molecular formula is C20H17N3O5S. The smallest absolute Gasteiger partial charge is 0.379 e. The van der Waals surface area contributed by atoms with Crippen LogP contribution in [-0.4, -0.2) is 28.9 Å². The number of ether oxygens (including phenoxy) is 1. The number of allylic oxidation sites excluding steroid dienone is 1. The Balaban J connectivity index is 2.14. The molecule has 1 atom stereocenters. The molecule has 1 N–H and O–H groups in total. The molecule has 1 aliphatic rings. The van der Waals surface area contributed by atoms with E-state index in [1.54, 1.807) is 11.8 Å². The fourth-order valence-corrected chi connectivity index (χ4v) is 3.53. The lowest BCUT2D eigenvalue weighted by Crippen LogP contribution is -2.48. The number of rotatable bonds is 5. The first-order valence-electron chi connectivity index (χ1n) is 8.58. The van der Waals surface area contributed by atoms with Gasteiger partial charge in [0, 0.05) is 23.5 Å². The lowest BCUT2D eigenvalue weighted by atomic mass is 9.91. The number of nitrogens with one attached hydrogen (secondary N) is 1. The van der Waals surface area contributed by atoms with Crippen LogP contribution in [0.4, 0.5) is 11.4 Å².